The lowest BCUT2D eigenvalue weighted by Gasteiger charge is -2.15. The van der Waals surface area contributed by atoms with E-state index in [1.165, 1.54) is 6.20 Å². The number of allylic oxidation sites excluding steroid dienone is 1. The molecule has 0 aliphatic rings. The molecule has 0 unspecified atom stereocenters. The molecule has 24 heavy (non-hydrogen) atoms. The first-order valence-corrected chi connectivity index (χ1v) is 8.48. The first-order valence-electron chi connectivity index (χ1n) is 8.10. The van der Waals surface area contributed by atoms with Gasteiger partial charge in [0.25, 0.3) is 0 Å². The molecule has 0 fully saturated rings. The molecular formula is C20H24ClN3. The minimum absolute atomic E-state index is 0.450. The SMILES string of the molecule is CC.CC/C=C(\c1cc(C#N)c(C)cc1C)c1cncc(N)c1Cl. The van der Waals surface area contributed by atoms with Crippen molar-refractivity contribution in [3.05, 3.63) is 63.4 Å². The smallest absolute Gasteiger partial charge is 0.0994 e. The van der Waals surface area contributed by atoms with Gasteiger partial charge in [-0.25, -0.2) is 0 Å². The zero-order valence-electron chi connectivity index (χ0n) is 14.9. The van der Waals surface area contributed by atoms with Crippen LogP contribution in [0.25, 0.3) is 5.57 Å². The van der Waals surface area contributed by atoms with Crippen LogP contribution in [-0.4, -0.2) is 4.98 Å². The lowest BCUT2D eigenvalue weighted by molar-refractivity contribution is 1.21. The van der Waals surface area contributed by atoms with Crippen LogP contribution in [0.4, 0.5) is 5.69 Å². The van der Waals surface area contributed by atoms with Crippen LogP contribution in [-0.2, 0) is 0 Å². The largest absolute Gasteiger partial charge is 0.396 e. The molecule has 0 saturated carbocycles. The summed E-state index contributed by atoms with van der Waals surface area (Å²) in [5.74, 6) is 0. The standard InChI is InChI=1S/C18H18ClN3.C2H6/c1-4-5-14(16-9-22-10-17(21)18(16)19)15-7-13(8-20)11(2)6-12(15)3;1-2/h5-7,9-10H,4,21H2,1-3H3;1-2H3/b14-5+;. The number of benzene rings is 1. The lowest BCUT2D eigenvalue weighted by Crippen LogP contribution is -1.99. The van der Waals surface area contributed by atoms with Gasteiger partial charge in [0.15, 0.2) is 0 Å². The van der Waals surface area contributed by atoms with Gasteiger partial charge in [0.05, 0.1) is 28.5 Å². The predicted octanol–water partition coefficient (Wildman–Crippen LogP) is 5.67. The second kappa shape index (κ2) is 9.10. The summed E-state index contributed by atoms with van der Waals surface area (Å²) in [6.45, 7) is 10.0. The van der Waals surface area contributed by atoms with Crippen LogP contribution >= 0.6 is 11.6 Å². The number of nitrogens with two attached hydrogens (primary N) is 1. The molecule has 0 amide bonds. The normalized spacial score (nSPS) is 10.6. The van der Waals surface area contributed by atoms with Gasteiger partial charge in [0, 0.05) is 11.8 Å². The Morgan fingerprint density at radius 1 is 1.21 bits per heavy atom. The summed E-state index contributed by atoms with van der Waals surface area (Å²) >= 11 is 6.36. The fourth-order valence-corrected chi connectivity index (χ4v) is 2.68. The summed E-state index contributed by atoms with van der Waals surface area (Å²) in [6, 6.07) is 6.16. The molecule has 2 rings (SSSR count). The number of rotatable bonds is 3. The molecule has 1 aromatic carbocycles. The van der Waals surface area contributed by atoms with E-state index in [0.29, 0.717) is 16.3 Å². The summed E-state index contributed by atoms with van der Waals surface area (Å²) in [5.41, 5.74) is 11.8. The highest BCUT2D eigenvalue weighted by Crippen LogP contribution is 2.34. The number of hydrogen-bond donors (Lipinski definition) is 1. The molecule has 1 heterocycles. The van der Waals surface area contributed by atoms with Gasteiger partial charge in [-0.2, -0.15) is 5.26 Å². The Morgan fingerprint density at radius 3 is 2.46 bits per heavy atom. The van der Waals surface area contributed by atoms with Crippen molar-refractivity contribution in [2.75, 3.05) is 5.73 Å². The second-order valence-corrected chi connectivity index (χ2v) is 5.59. The van der Waals surface area contributed by atoms with Crippen LogP contribution in [0.1, 0.15) is 55.0 Å². The average molecular weight is 342 g/mol. The van der Waals surface area contributed by atoms with E-state index in [1.807, 2.05) is 39.8 Å². The van der Waals surface area contributed by atoms with Gasteiger partial charge in [-0.1, -0.05) is 44.5 Å². The van der Waals surface area contributed by atoms with Gasteiger partial charge in [-0.15, -0.1) is 0 Å². The molecule has 2 aromatic rings. The molecule has 0 spiro atoms. The Labute approximate surface area is 149 Å². The number of aryl methyl sites for hydroxylation is 2. The van der Waals surface area contributed by atoms with Crippen molar-refractivity contribution in [1.29, 1.82) is 5.26 Å². The lowest BCUT2D eigenvalue weighted by atomic mass is 9.91. The Bertz CT molecular complexity index is 786. The van der Waals surface area contributed by atoms with Crippen LogP contribution in [0, 0.1) is 25.2 Å². The summed E-state index contributed by atoms with van der Waals surface area (Å²) in [7, 11) is 0. The fraction of sp³-hybridized carbons (Fsp3) is 0.300. The van der Waals surface area contributed by atoms with Gasteiger partial charge in [0.1, 0.15) is 0 Å². The predicted molar refractivity (Wildman–Crippen MR) is 103 cm³/mol. The minimum atomic E-state index is 0.450. The Hall–Kier alpha value is -2.31. The van der Waals surface area contributed by atoms with E-state index < -0.39 is 0 Å². The maximum Gasteiger partial charge on any atom is 0.0994 e. The molecular weight excluding hydrogens is 318 g/mol. The molecule has 0 saturated heterocycles. The third-order valence-corrected chi connectivity index (χ3v) is 4.01. The number of anilines is 1. The van der Waals surface area contributed by atoms with E-state index in [-0.39, 0.29) is 0 Å². The number of nitrogen functional groups attached to an aromatic ring is 1. The van der Waals surface area contributed by atoms with Crippen molar-refractivity contribution in [2.45, 2.75) is 41.0 Å². The van der Waals surface area contributed by atoms with E-state index in [9.17, 15) is 5.26 Å². The van der Waals surface area contributed by atoms with Crippen LogP contribution in [0.15, 0.2) is 30.6 Å². The van der Waals surface area contributed by atoms with Crippen LogP contribution < -0.4 is 5.73 Å². The van der Waals surface area contributed by atoms with Crippen molar-refractivity contribution in [3.8, 4) is 6.07 Å². The fourth-order valence-electron chi connectivity index (χ4n) is 2.48. The maximum absolute atomic E-state index is 9.29. The third-order valence-electron chi connectivity index (χ3n) is 3.59. The topological polar surface area (TPSA) is 62.7 Å². The average Bonchev–Trinajstić information content (AvgIpc) is 2.58. The molecule has 2 N–H and O–H groups in total. The highest BCUT2D eigenvalue weighted by molar-refractivity contribution is 6.35. The Balaban J connectivity index is 0.00000139. The van der Waals surface area contributed by atoms with Gasteiger partial charge >= 0.3 is 0 Å². The van der Waals surface area contributed by atoms with Gasteiger partial charge in [-0.3, -0.25) is 4.98 Å². The molecule has 0 bridgehead atoms. The first kappa shape index (κ1) is 19.7. The second-order valence-electron chi connectivity index (χ2n) is 5.21. The van der Waals surface area contributed by atoms with Crippen LogP contribution in [0.5, 0.6) is 0 Å². The number of aromatic nitrogens is 1. The number of pyridine rings is 1. The van der Waals surface area contributed by atoms with Crippen LogP contribution in [0.3, 0.4) is 0 Å². The van der Waals surface area contributed by atoms with E-state index in [1.54, 1.807) is 6.20 Å². The van der Waals surface area contributed by atoms with E-state index in [4.69, 9.17) is 17.3 Å². The van der Waals surface area contributed by atoms with E-state index in [0.717, 1.165) is 34.2 Å². The van der Waals surface area contributed by atoms with Gasteiger partial charge in [-0.05, 0) is 48.6 Å². The quantitative estimate of drug-likeness (QED) is 0.781. The molecule has 0 aliphatic carbocycles. The van der Waals surface area contributed by atoms with Crippen molar-refractivity contribution >= 4 is 22.9 Å². The Morgan fingerprint density at radius 2 is 1.88 bits per heavy atom. The molecule has 0 radical (unpaired) electrons. The summed E-state index contributed by atoms with van der Waals surface area (Å²) in [5, 5.41) is 9.78. The van der Waals surface area contributed by atoms with Gasteiger partial charge < -0.3 is 5.73 Å². The zero-order valence-corrected chi connectivity index (χ0v) is 15.7. The Kier molecular flexibility index (Phi) is 7.48. The summed E-state index contributed by atoms with van der Waals surface area (Å²) in [4.78, 5) is 4.15. The first-order chi connectivity index (χ1) is 11.5. The minimum Gasteiger partial charge on any atom is -0.396 e. The van der Waals surface area contributed by atoms with E-state index >= 15 is 0 Å². The third kappa shape index (κ3) is 4.15. The van der Waals surface area contributed by atoms with E-state index in [2.05, 4.69) is 24.1 Å². The molecule has 4 heteroatoms. The maximum atomic E-state index is 9.29. The summed E-state index contributed by atoms with van der Waals surface area (Å²) < 4.78 is 0. The van der Waals surface area contributed by atoms with Crippen molar-refractivity contribution in [2.24, 2.45) is 0 Å². The molecule has 126 valence electrons. The number of nitrogens with zero attached hydrogens (tertiary/aromatic N) is 2. The molecule has 1 aromatic heterocycles. The molecule has 0 atom stereocenters. The number of hydrogen-bond acceptors (Lipinski definition) is 3. The molecule has 0 aliphatic heterocycles. The highest BCUT2D eigenvalue weighted by Gasteiger charge is 2.15. The number of nitriles is 1. The highest BCUT2D eigenvalue weighted by atomic mass is 35.5. The van der Waals surface area contributed by atoms with Crippen molar-refractivity contribution in [1.82, 2.24) is 4.98 Å². The number of halogens is 1. The van der Waals surface area contributed by atoms with Crippen molar-refractivity contribution < 1.29 is 0 Å². The molecule has 3 nitrogen and oxygen atoms in total. The van der Waals surface area contributed by atoms with Crippen LogP contribution in [0.2, 0.25) is 5.02 Å². The monoisotopic (exact) mass is 341 g/mol. The summed E-state index contributed by atoms with van der Waals surface area (Å²) in [6.07, 6.45) is 6.18. The van der Waals surface area contributed by atoms with Gasteiger partial charge in [0.2, 0.25) is 0 Å². The van der Waals surface area contributed by atoms with Crippen molar-refractivity contribution in [3.63, 3.8) is 0 Å². The zero-order chi connectivity index (χ0) is 18.3.